The highest BCUT2D eigenvalue weighted by Gasteiger charge is 2.32. The minimum atomic E-state index is -0.202. The molecule has 2 aromatic rings. The van der Waals surface area contributed by atoms with Crippen LogP contribution in [0.3, 0.4) is 0 Å². The highest BCUT2D eigenvalue weighted by atomic mass is 32.2. The largest absolute Gasteiger partial charge is 0.372 e. The van der Waals surface area contributed by atoms with Crippen molar-refractivity contribution in [3.05, 3.63) is 44.7 Å². The Hall–Kier alpha value is -2.23. The average Bonchev–Trinajstić information content (AvgIpc) is 2.96. The van der Waals surface area contributed by atoms with Gasteiger partial charge < -0.3 is 9.64 Å². The van der Waals surface area contributed by atoms with Gasteiger partial charge in [-0.15, -0.1) is 0 Å². The Morgan fingerprint density at radius 1 is 1.27 bits per heavy atom. The van der Waals surface area contributed by atoms with E-state index < -0.39 is 0 Å². The number of fused-ring (bicyclic) bond motifs is 1. The van der Waals surface area contributed by atoms with Crippen LogP contribution in [-0.4, -0.2) is 56.4 Å². The molecule has 2 saturated heterocycles. The first kappa shape index (κ1) is 21.0. The summed E-state index contributed by atoms with van der Waals surface area (Å²) in [6, 6.07) is 3.77. The number of carbonyl (C=O) groups excluding carboxylic acids is 1. The topological polar surface area (TPSA) is 67.2 Å². The van der Waals surface area contributed by atoms with Gasteiger partial charge in [-0.3, -0.25) is 18.9 Å². The summed E-state index contributed by atoms with van der Waals surface area (Å²) in [6.07, 6.45) is 3.45. The molecule has 2 aliphatic rings. The molecule has 158 valence electrons. The normalized spacial score (nSPS) is 23.8. The second kappa shape index (κ2) is 8.13. The quantitative estimate of drug-likeness (QED) is 0.533. The SMILES string of the molecule is CCN1C(=O)/C(=C\c2c(N3CC(C)OC(C)C3)nc3ccc(C)cn3c2=O)SC1=S. The standard InChI is InChI=1S/C21H24N4O3S2/c1-5-24-20(27)16(30-21(24)29)8-15-18(23-10-13(3)28-14(4)11-23)22-17-7-6-12(2)9-25(17)19(15)26/h6-9,13-14H,5,10-11H2,1-4H3/b16-8+. The number of aryl methyl sites for hydroxylation is 1. The first-order valence-electron chi connectivity index (χ1n) is 9.97. The average molecular weight is 445 g/mol. The van der Waals surface area contributed by atoms with Gasteiger partial charge in [0.15, 0.2) is 0 Å². The van der Waals surface area contributed by atoms with E-state index in [2.05, 4.69) is 4.90 Å². The molecule has 0 bridgehead atoms. The van der Waals surface area contributed by atoms with Crippen LogP contribution in [0.4, 0.5) is 5.82 Å². The highest BCUT2D eigenvalue weighted by molar-refractivity contribution is 8.26. The van der Waals surface area contributed by atoms with Crippen molar-refractivity contribution < 1.29 is 9.53 Å². The first-order chi connectivity index (χ1) is 14.3. The molecular weight excluding hydrogens is 420 g/mol. The summed E-state index contributed by atoms with van der Waals surface area (Å²) in [4.78, 5) is 35.1. The Morgan fingerprint density at radius 2 is 1.97 bits per heavy atom. The van der Waals surface area contributed by atoms with Gasteiger partial charge in [-0.25, -0.2) is 4.98 Å². The molecule has 4 rings (SSSR count). The lowest BCUT2D eigenvalue weighted by Crippen LogP contribution is -2.46. The van der Waals surface area contributed by atoms with Crippen LogP contribution in [0.1, 0.15) is 31.9 Å². The minimum Gasteiger partial charge on any atom is -0.372 e. The smallest absolute Gasteiger partial charge is 0.267 e. The summed E-state index contributed by atoms with van der Waals surface area (Å²) in [6.45, 7) is 9.56. The second-order valence-corrected chi connectivity index (χ2v) is 9.35. The molecular formula is C21H24N4O3S2. The number of anilines is 1. The van der Waals surface area contributed by atoms with E-state index in [4.69, 9.17) is 21.9 Å². The van der Waals surface area contributed by atoms with E-state index in [1.165, 1.54) is 11.8 Å². The number of aromatic nitrogens is 2. The second-order valence-electron chi connectivity index (χ2n) is 7.68. The molecule has 0 N–H and O–H groups in total. The summed E-state index contributed by atoms with van der Waals surface area (Å²) >= 11 is 6.55. The van der Waals surface area contributed by atoms with Gasteiger partial charge in [-0.05, 0) is 45.4 Å². The molecule has 0 aliphatic carbocycles. The number of thiocarbonyl (C=S) groups is 1. The van der Waals surface area contributed by atoms with Gasteiger partial charge in [0.25, 0.3) is 11.5 Å². The summed E-state index contributed by atoms with van der Waals surface area (Å²) in [5.74, 6) is 0.406. The van der Waals surface area contributed by atoms with Crippen molar-refractivity contribution in [3.8, 4) is 0 Å². The summed E-state index contributed by atoms with van der Waals surface area (Å²) in [5, 5.41) is 0. The lowest BCUT2D eigenvalue weighted by Gasteiger charge is -2.36. The predicted octanol–water partition coefficient (Wildman–Crippen LogP) is 2.84. The Morgan fingerprint density at radius 3 is 2.60 bits per heavy atom. The number of hydrogen-bond donors (Lipinski definition) is 0. The van der Waals surface area contributed by atoms with Crippen LogP contribution in [0.25, 0.3) is 11.7 Å². The maximum atomic E-state index is 13.5. The van der Waals surface area contributed by atoms with Crippen molar-refractivity contribution in [2.75, 3.05) is 24.5 Å². The van der Waals surface area contributed by atoms with Crippen LogP contribution in [0.2, 0.25) is 0 Å². The van der Waals surface area contributed by atoms with Gasteiger partial charge in [0.1, 0.15) is 15.8 Å². The van der Waals surface area contributed by atoms with Gasteiger partial charge in [0.2, 0.25) is 0 Å². The summed E-state index contributed by atoms with van der Waals surface area (Å²) in [7, 11) is 0. The van der Waals surface area contributed by atoms with Crippen LogP contribution in [-0.2, 0) is 9.53 Å². The van der Waals surface area contributed by atoms with E-state index in [0.717, 1.165) is 5.56 Å². The maximum Gasteiger partial charge on any atom is 0.267 e. The van der Waals surface area contributed by atoms with E-state index in [0.29, 0.717) is 45.9 Å². The van der Waals surface area contributed by atoms with Crippen LogP contribution in [0.15, 0.2) is 28.0 Å². The summed E-state index contributed by atoms with van der Waals surface area (Å²) < 4.78 is 7.90. The van der Waals surface area contributed by atoms with Crippen molar-refractivity contribution in [2.45, 2.75) is 39.9 Å². The lowest BCUT2D eigenvalue weighted by atomic mass is 10.1. The molecule has 0 spiro atoms. The van der Waals surface area contributed by atoms with Gasteiger partial charge >= 0.3 is 0 Å². The number of likely N-dealkylation sites (N-methyl/N-ethyl adjacent to an activating group) is 1. The van der Waals surface area contributed by atoms with E-state index in [1.807, 2.05) is 39.8 Å². The Kier molecular flexibility index (Phi) is 5.69. The van der Waals surface area contributed by atoms with Crippen LogP contribution >= 0.6 is 24.0 Å². The Balaban J connectivity index is 1.91. The molecule has 9 heteroatoms. The zero-order chi connectivity index (χ0) is 21.6. The van der Waals surface area contributed by atoms with Crippen molar-refractivity contribution in [1.29, 1.82) is 0 Å². The fourth-order valence-corrected chi connectivity index (χ4v) is 5.23. The fraction of sp³-hybridized carbons (Fsp3) is 0.429. The van der Waals surface area contributed by atoms with E-state index in [1.54, 1.807) is 21.6 Å². The van der Waals surface area contributed by atoms with Crippen molar-refractivity contribution in [3.63, 3.8) is 0 Å². The minimum absolute atomic E-state index is 0.0122. The number of ether oxygens (including phenoxy) is 1. The van der Waals surface area contributed by atoms with Gasteiger partial charge in [-0.2, -0.15) is 0 Å². The molecule has 30 heavy (non-hydrogen) atoms. The molecule has 1 amide bonds. The number of carbonyl (C=O) groups is 1. The van der Waals surface area contributed by atoms with Crippen LogP contribution in [0, 0.1) is 6.92 Å². The molecule has 2 fully saturated rings. The van der Waals surface area contributed by atoms with Gasteiger partial charge in [-0.1, -0.05) is 30.0 Å². The van der Waals surface area contributed by atoms with Crippen LogP contribution < -0.4 is 10.5 Å². The number of pyridine rings is 1. The van der Waals surface area contributed by atoms with Crippen molar-refractivity contribution in [1.82, 2.24) is 14.3 Å². The Labute approximate surface area is 184 Å². The molecule has 2 unspecified atom stereocenters. The molecule has 7 nitrogen and oxygen atoms in total. The molecule has 0 radical (unpaired) electrons. The lowest BCUT2D eigenvalue weighted by molar-refractivity contribution is -0.121. The third kappa shape index (κ3) is 3.77. The number of nitrogens with zero attached hydrogens (tertiary/aromatic N) is 4. The Bertz CT molecular complexity index is 1120. The van der Waals surface area contributed by atoms with Crippen molar-refractivity contribution in [2.24, 2.45) is 0 Å². The fourth-order valence-electron chi connectivity index (χ4n) is 3.87. The van der Waals surface area contributed by atoms with E-state index >= 15 is 0 Å². The predicted molar refractivity (Wildman–Crippen MR) is 124 cm³/mol. The van der Waals surface area contributed by atoms with E-state index in [-0.39, 0.29) is 23.7 Å². The molecule has 2 aromatic heterocycles. The molecule has 2 atom stereocenters. The van der Waals surface area contributed by atoms with Gasteiger partial charge in [0, 0.05) is 25.8 Å². The molecule has 2 aliphatic heterocycles. The van der Waals surface area contributed by atoms with Gasteiger partial charge in [0.05, 0.1) is 22.7 Å². The zero-order valence-corrected chi connectivity index (χ0v) is 19.0. The third-order valence-electron chi connectivity index (χ3n) is 5.17. The summed E-state index contributed by atoms with van der Waals surface area (Å²) in [5.41, 5.74) is 1.73. The maximum absolute atomic E-state index is 13.5. The number of thioether (sulfide) groups is 1. The number of rotatable bonds is 3. The number of morpholine rings is 1. The molecule has 0 saturated carbocycles. The number of amides is 1. The van der Waals surface area contributed by atoms with E-state index in [9.17, 15) is 9.59 Å². The molecule has 0 aromatic carbocycles. The number of hydrogen-bond acceptors (Lipinski definition) is 7. The first-order valence-corrected chi connectivity index (χ1v) is 11.2. The monoisotopic (exact) mass is 444 g/mol. The highest BCUT2D eigenvalue weighted by Crippen LogP contribution is 2.33. The zero-order valence-electron chi connectivity index (χ0n) is 17.4. The molecule has 4 heterocycles. The van der Waals surface area contributed by atoms with Crippen LogP contribution in [0.5, 0.6) is 0 Å². The van der Waals surface area contributed by atoms with Crippen molar-refractivity contribution >= 4 is 51.7 Å². The third-order valence-corrected chi connectivity index (χ3v) is 6.55.